The van der Waals surface area contributed by atoms with Gasteiger partial charge in [0.25, 0.3) is 0 Å². The van der Waals surface area contributed by atoms with Gasteiger partial charge in [0, 0.05) is 5.39 Å². The second-order valence-electron chi connectivity index (χ2n) is 4.82. The number of fused-ring (bicyclic) bond motifs is 1. The fraction of sp³-hybridized carbons (Fsp3) is 0.188. The van der Waals surface area contributed by atoms with E-state index in [4.69, 9.17) is 10.5 Å². The molecule has 0 amide bonds. The molecule has 0 aromatic heterocycles. The quantitative estimate of drug-likeness (QED) is 0.677. The van der Waals surface area contributed by atoms with Crippen LogP contribution in [0, 0.1) is 22.7 Å². The van der Waals surface area contributed by atoms with Gasteiger partial charge in [-0.2, -0.15) is 15.6 Å². The first-order valence-electron chi connectivity index (χ1n) is 6.49. The average molecular weight is 260 g/mol. The number of nitrogens with one attached hydrogen (secondary N) is 1. The van der Waals surface area contributed by atoms with Crippen LogP contribution in [-0.4, -0.2) is 5.71 Å². The first-order chi connectivity index (χ1) is 9.83. The van der Waals surface area contributed by atoms with Crippen molar-refractivity contribution < 1.29 is 0 Å². The van der Waals surface area contributed by atoms with Gasteiger partial charge in [-0.1, -0.05) is 30.3 Å². The Balaban J connectivity index is 2.05. The van der Waals surface area contributed by atoms with Crippen LogP contribution in [0.2, 0.25) is 0 Å². The van der Waals surface area contributed by atoms with Crippen molar-refractivity contribution >= 4 is 22.2 Å². The number of anilines is 1. The minimum absolute atomic E-state index is 0.180. The van der Waals surface area contributed by atoms with Gasteiger partial charge in [-0.05, 0) is 35.8 Å². The van der Waals surface area contributed by atoms with Gasteiger partial charge in [0.1, 0.15) is 12.1 Å². The molecule has 0 spiro atoms. The third-order valence-corrected chi connectivity index (χ3v) is 3.47. The predicted octanol–water partition coefficient (Wildman–Crippen LogP) is 3.53. The van der Waals surface area contributed by atoms with E-state index < -0.39 is 0 Å². The zero-order chi connectivity index (χ0) is 13.9. The molecular weight excluding hydrogens is 248 g/mol. The predicted molar refractivity (Wildman–Crippen MR) is 78.2 cm³/mol. The molecule has 0 heterocycles. The van der Waals surface area contributed by atoms with E-state index in [-0.39, 0.29) is 5.71 Å². The molecule has 2 aromatic rings. The van der Waals surface area contributed by atoms with Gasteiger partial charge in [-0.3, -0.25) is 5.43 Å². The van der Waals surface area contributed by atoms with Crippen molar-refractivity contribution in [2.75, 3.05) is 5.43 Å². The highest BCUT2D eigenvalue weighted by molar-refractivity contribution is 6.10. The Morgan fingerprint density at radius 1 is 1.05 bits per heavy atom. The molecule has 0 radical (unpaired) electrons. The molecule has 0 aliphatic heterocycles. The Kier molecular flexibility index (Phi) is 3.07. The fourth-order valence-electron chi connectivity index (χ4n) is 2.36. The summed E-state index contributed by atoms with van der Waals surface area (Å²) < 4.78 is 0. The molecule has 1 N–H and O–H groups in total. The lowest BCUT2D eigenvalue weighted by Gasteiger charge is -2.10. The van der Waals surface area contributed by atoms with E-state index in [1.165, 1.54) is 23.8 Å². The SMILES string of the molecule is N#CC(C#N)=NNc1ccc(C2CC2)c2ccccc12. The second kappa shape index (κ2) is 5.03. The van der Waals surface area contributed by atoms with Crippen LogP contribution < -0.4 is 5.43 Å². The molecule has 3 rings (SSSR count). The molecule has 0 saturated heterocycles. The third-order valence-electron chi connectivity index (χ3n) is 3.47. The number of hydrogen-bond donors (Lipinski definition) is 1. The summed E-state index contributed by atoms with van der Waals surface area (Å²) in [4.78, 5) is 0. The summed E-state index contributed by atoms with van der Waals surface area (Å²) in [5.41, 5.74) is 4.82. The molecule has 20 heavy (non-hydrogen) atoms. The van der Waals surface area contributed by atoms with Crippen LogP contribution in [0.1, 0.15) is 24.3 Å². The lowest BCUT2D eigenvalue weighted by molar-refractivity contribution is 1.15. The molecule has 4 nitrogen and oxygen atoms in total. The van der Waals surface area contributed by atoms with Crippen LogP contribution in [-0.2, 0) is 0 Å². The molecule has 96 valence electrons. The lowest BCUT2D eigenvalue weighted by atomic mass is 10.00. The Bertz CT molecular complexity index is 757. The van der Waals surface area contributed by atoms with Crippen molar-refractivity contribution in [2.45, 2.75) is 18.8 Å². The second-order valence-corrected chi connectivity index (χ2v) is 4.82. The summed E-state index contributed by atoms with van der Waals surface area (Å²) in [5.74, 6) is 0.672. The zero-order valence-corrected chi connectivity index (χ0v) is 10.8. The van der Waals surface area contributed by atoms with Crippen LogP contribution in [0.15, 0.2) is 41.5 Å². The van der Waals surface area contributed by atoms with E-state index in [9.17, 15) is 0 Å². The normalized spacial score (nSPS) is 13.3. The van der Waals surface area contributed by atoms with Gasteiger partial charge in [0.05, 0.1) is 5.69 Å². The maximum atomic E-state index is 8.70. The summed E-state index contributed by atoms with van der Waals surface area (Å²) in [7, 11) is 0. The Morgan fingerprint density at radius 2 is 1.75 bits per heavy atom. The molecule has 1 aliphatic rings. The Hall–Kier alpha value is -2.85. The van der Waals surface area contributed by atoms with Crippen LogP contribution in [0.25, 0.3) is 10.8 Å². The maximum absolute atomic E-state index is 8.70. The van der Waals surface area contributed by atoms with Crippen molar-refractivity contribution in [3.05, 3.63) is 42.0 Å². The fourth-order valence-corrected chi connectivity index (χ4v) is 2.36. The largest absolute Gasteiger partial charge is 0.276 e. The molecule has 1 saturated carbocycles. The van der Waals surface area contributed by atoms with Crippen molar-refractivity contribution in [3.8, 4) is 12.1 Å². The monoisotopic (exact) mass is 260 g/mol. The molecular formula is C16H12N4. The first kappa shape index (κ1) is 12.2. The number of hydrogen-bond acceptors (Lipinski definition) is 4. The summed E-state index contributed by atoms with van der Waals surface area (Å²) in [6.07, 6.45) is 2.50. The number of benzene rings is 2. The van der Waals surface area contributed by atoms with Gasteiger partial charge in [-0.25, -0.2) is 0 Å². The van der Waals surface area contributed by atoms with Crippen LogP contribution in [0.4, 0.5) is 5.69 Å². The minimum atomic E-state index is -0.180. The van der Waals surface area contributed by atoms with Crippen LogP contribution >= 0.6 is 0 Å². The van der Waals surface area contributed by atoms with E-state index in [0.717, 1.165) is 11.1 Å². The van der Waals surface area contributed by atoms with Crippen LogP contribution in [0.3, 0.4) is 0 Å². The van der Waals surface area contributed by atoms with E-state index in [2.05, 4.69) is 22.7 Å². The van der Waals surface area contributed by atoms with Gasteiger partial charge >= 0.3 is 0 Å². The number of hydrazone groups is 1. The highest BCUT2D eigenvalue weighted by Gasteiger charge is 2.25. The highest BCUT2D eigenvalue weighted by Crippen LogP contribution is 2.44. The minimum Gasteiger partial charge on any atom is -0.276 e. The molecule has 0 atom stereocenters. The number of nitriles is 2. The van der Waals surface area contributed by atoms with Gasteiger partial charge in [0.15, 0.2) is 0 Å². The van der Waals surface area contributed by atoms with E-state index in [1.807, 2.05) is 24.3 Å². The van der Waals surface area contributed by atoms with Crippen molar-refractivity contribution in [3.63, 3.8) is 0 Å². The van der Waals surface area contributed by atoms with Gasteiger partial charge in [0.2, 0.25) is 5.71 Å². The van der Waals surface area contributed by atoms with Gasteiger partial charge in [-0.15, -0.1) is 0 Å². The summed E-state index contributed by atoms with van der Waals surface area (Å²) in [5, 5.41) is 23.5. The Labute approximate surface area is 116 Å². The van der Waals surface area contributed by atoms with Gasteiger partial charge < -0.3 is 0 Å². The average Bonchev–Trinajstić information content (AvgIpc) is 3.33. The number of rotatable bonds is 3. The molecule has 1 aliphatic carbocycles. The zero-order valence-electron chi connectivity index (χ0n) is 10.8. The topological polar surface area (TPSA) is 72.0 Å². The third kappa shape index (κ3) is 2.20. The smallest absolute Gasteiger partial charge is 0.237 e. The van der Waals surface area contributed by atoms with E-state index in [0.29, 0.717) is 5.92 Å². The summed E-state index contributed by atoms with van der Waals surface area (Å²) >= 11 is 0. The van der Waals surface area contributed by atoms with E-state index >= 15 is 0 Å². The molecule has 0 unspecified atom stereocenters. The molecule has 4 heteroatoms. The van der Waals surface area contributed by atoms with Crippen molar-refractivity contribution in [1.29, 1.82) is 10.5 Å². The van der Waals surface area contributed by atoms with Crippen molar-refractivity contribution in [2.24, 2.45) is 5.10 Å². The molecule has 2 aromatic carbocycles. The lowest BCUT2D eigenvalue weighted by Crippen LogP contribution is -1.97. The van der Waals surface area contributed by atoms with Crippen molar-refractivity contribution in [1.82, 2.24) is 0 Å². The van der Waals surface area contributed by atoms with Crippen LogP contribution in [0.5, 0.6) is 0 Å². The summed E-state index contributed by atoms with van der Waals surface area (Å²) in [6.45, 7) is 0. The Morgan fingerprint density at radius 3 is 2.40 bits per heavy atom. The summed E-state index contributed by atoms with van der Waals surface area (Å²) in [6, 6.07) is 15.7. The molecule has 1 fully saturated rings. The highest BCUT2D eigenvalue weighted by atomic mass is 15.3. The maximum Gasteiger partial charge on any atom is 0.237 e. The first-order valence-corrected chi connectivity index (χ1v) is 6.49. The number of nitrogens with zero attached hydrogens (tertiary/aromatic N) is 3. The standard InChI is InChI=1S/C16H12N4/c17-9-12(10-18)19-20-16-8-7-13(11-5-6-11)14-3-1-2-4-15(14)16/h1-4,7-8,11,20H,5-6H2. The van der Waals surface area contributed by atoms with E-state index in [1.54, 1.807) is 12.1 Å². The molecule has 0 bridgehead atoms.